The van der Waals surface area contributed by atoms with Crippen LogP contribution in [-0.4, -0.2) is 37.9 Å². The van der Waals surface area contributed by atoms with Crippen molar-refractivity contribution >= 4 is 5.91 Å². The summed E-state index contributed by atoms with van der Waals surface area (Å²) >= 11 is 0. The van der Waals surface area contributed by atoms with Crippen molar-refractivity contribution in [1.82, 2.24) is 25.7 Å². The lowest BCUT2D eigenvalue weighted by molar-refractivity contribution is 0.0334. The van der Waals surface area contributed by atoms with E-state index in [-0.39, 0.29) is 17.4 Å². The van der Waals surface area contributed by atoms with Gasteiger partial charge in [-0.3, -0.25) is 4.79 Å². The van der Waals surface area contributed by atoms with Crippen LogP contribution in [0.1, 0.15) is 60.4 Å². The normalized spacial score (nSPS) is 23.8. The first-order valence-corrected chi connectivity index (χ1v) is 11.0. The smallest absolute Gasteiger partial charge is 0.278 e. The number of nitrogens with one attached hydrogen (secondary N) is 1. The number of halogens is 3. The van der Waals surface area contributed by atoms with E-state index in [1.807, 2.05) is 13.0 Å². The van der Waals surface area contributed by atoms with Crippen molar-refractivity contribution < 1.29 is 27.6 Å². The van der Waals surface area contributed by atoms with E-state index in [2.05, 4.69) is 25.7 Å². The van der Waals surface area contributed by atoms with Gasteiger partial charge in [0.25, 0.3) is 11.8 Å². The third-order valence-electron chi connectivity index (χ3n) is 7.32. The lowest BCUT2D eigenvalue weighted by atomic mass is 9.53. The Bertz CT molecular complexity index is 1240. The molecule has 3 fully saturated rings. The number of aryl methyl sites for hydroxylation is 1. The highest BCUT2D eigenvalue weighted by Crippen LogP contribution is 2.57. The number of aromatic nitrogens is 4. The molecule has 11 heteroatoms. The molecule has 2 aromatic heterocycles. The molecule has 0 aliphatic heterocycles. The van der Waals surface area contributed by atoms with Crippen molar-refractivity contribution in [2.24, 2.45) is 5.41 Å². The summed E-state index contributed by atoms with van der Waals surface area (Å²) in [4.78, 5) is 17.0. The molecule has 2 heterocycles. The molecule has 178 valence electrons. The molecule has 0 unspecified atom stereocenters. The Morgan fingerprint density at radius 2 is 1.79 bits per heavy atom. The number of hydrogen-bond acceptors (Lipinski definition) is 7. The van der Waals surface area contributed by atoms with E-state index < -0.39 is 34.7 Å². The zero-order chi connectivity index (χ0) is 24.1. The standard InChI is InChI=1S/C23H22F3N5O3/c1-12-2-3-15(30-29-12)20-28-21(31-34-20)23-7-4-22(5-8-23,6-9-23)11-27-19(33)13-10-14(24)18(32)17(26)16(13)25/h2-3,10,32H,4-9,11H2,1H3,(H,27,33). The maximum Gasteiger partial charge on any atom is 0.278 e. The highest BCUT2D eigenvalue weighted by molar-refractivity contribution is 5.94. The number of amides is 1. The Hall–Kier alpha value is -3.50. The van der Waals surface area contributed by atoms with Gasteiger partial charge < -0.3 is 14.9 Å². The SMILES string of the molecule is Cc1ccc(-c2nc(C34CCC(CNC(=O)c5cc(F)c(O)c(F)c5F)(CC3)CC4)no2)nn1. The fourth-order valence-electron chi connectivity index (χ4n) is 5.03. The molecule has 2 N–H and O–H groups in total. The molecule has 0 atom stereocenters. The first-order chi connectivity index (χ1) is 16.2. The number of carbonyl (C=O) groups is 1. The van der Waals surface area contributed by atoms with Gasteiger partial charge in [0.1, 0.15) is 0 Å². The van der Waals surface area contributed by atoms with E-state index in [4.69, 9.17) is 9.63 Å². The zero-order valence-corrected chi connectivity index (χ0v) is 18.4. The molecule has 2 bridgehead atoms. The first kappa shape index (κ1) is 22.3. The van der Waals surface area contributed by atoms with E-state index in [1.165, 1.54) is 0 Å². The predicted molar refractivity (Wildman–Crippen MR) is 112 cm³/mol. The summed E-state index contributed by atoms with van der Waals surface area (Å²) in [5.41, 5.74) is 0.105. The number of carbonyl (C=O) groups excluding carboxylic acids is 1. The van der Waals surface area contributed by atoms with Crippen molar-refractivity contribution in [1.29, 1.82) is 0 Å². The summed E-state index contributed by atoms with van der Waals surface area (Å²) in [6, 6.07) is 4.10. The van der Waals surface area contributed by atoms with Crippen LogP contribution in [0.4, 0.5) is 13.2 Å². The lowest BCUT2D eigenvalue weighted by Crippen LogP contribution is -2.49. The average molecular weight is 473 g/mol. The molecular formula is C23H22F3N5O3. The van der Waals surface area contributed by atoms with E-state index >= 15 is 0 Å². The molecule has 0 spiro atoms. The number of aromatic hydroxyl groups is 1. The lowest BCUT2D eigenvalue weighted by Gasteiger charge is -2.52. The molecule has 3 aliphatic rings. The number of phenols is 1. The largest absolute Gasteiger partial charge is 0.503 e. The highest BCUT2D eigenvalue weighted by Gasteiger charge is 2.51. The quantitative estimate of drug-likeness (QED) is 0.539. The van der Waals surface area contributed by atoms with Crippen LogP contribution < -0.4 is 5.32 Å². The molecule has 34 heavy (non-hydrogen) atoms. The molecule has 0 saturated heterocycles. The molecular weight excluding hydrogens is 451 g/mol. The third kappa shape index (κ3) is 3.68. The molecule has 3 aliphatic carbocycles. The zero-order valence-electron chi connectivity index (χ0n) is 18.4. The topological polar surface area (TPSA) is 114 Å². The van der Waals surface area contributed by atoms with Crippen LogP contribution in [0.3, 0.4) is 0 Å². The number of fused-ring (bicyclic) bond motifs is 3. The van der Waals surface area contributed by atoms with Crippen LogP contribution in [0.5, 0.6) is 5.75 Å². The fraction of sp³-hybridized carbons (Fsp3) is 0.435. The Morgan fingerprint density at radius 3 is 2.44 bits per heavy atom. The first-order valence-electron chi connectivity index (χ1n) is 11.0. The van der Waals surface area contributed by atoms with Crippen molar-refractivity contribution in [2.75, 3.05) is 6.54 Å². The Labute approximate surface area is 192 Å². The van der Waals surface area contributed by atoms with E-state index in [9.17, 15) is 18.0 Å². The fourth-order valence-corrected chi connectivity index (χ4v) is 5.03. The summed E-state index contributed by atoms with van der Waals surface area (Å²) < 4.78 is 46.7. The van der Waals surface area contributed by atoms with Crippen molar-refractivity contribution in [2.45, 2.75) is 50.9 Å². The summed E-state index contributed by atoms with van der Waals surface area (Å²) in [6.45, 7) is 2.09. The molecule has 0 radical (unpaired) electrons. The van der Waals surface area contributed by atoms with Gasteiger partial charge in [0, 0.05) is 12.0 Å². The molecule has 6 rings (SSSR count). The van der Waals surface area contributed by atoms with Gasteiger partial charge in [-0.05, 0) is 69.1 Å². The van der Waals surface area contributed by atoms with Gasteiger partial charge in [0.05, 0.1) is 11.3 Å². The van der Waals surface area contributed by atoms with Gasteiger partial charge in [-0.25, -0.2) is 8.78 Å². The number of nitrogens with zero attached hydrogens (tertiary/aromatic N) is 4. The van der Waals surface area contributed by atoms with Crippen LogP contribution in [-0.2, 0) is 5.41 Å². The summed E-state index contributed by atoms with van der Waals surface area (Å²) in [5, 5.41) is 24.1. The van der Waals surface area contributed by atoms with Crippen molar-refractivity contribution in [3.8, 4) is 17.3 Å². The molecule has 3 aromatic rings. The van der Waals surface area contributed by atoms with Crippen LogP contribution in [0.2, 0.25) is 0 Å². The second-order valence-electron chi connectivity index (χ2n) is 9.33. The van der Waals surface area contributed by atoms with Gasteiger partial charge in [-0.1, -0.05) is 5.16 Å². The van der Waals surface area contributed by atoms with Gasteiger partial charge >= 0.3 is 0 Å². The van der Waals surface area contributed by atoms with E-state index in [0.29, 0.717) is 23.5 Å². The minimum Gasteiger partial charge on any atom is -0.503 e. The highest BCUT2D eigenvalue weighted by atomic mass is 19.2. The van der Waals surface area contributed by atoms with Crippen LogP contribution >= 0.6 is 0 Å². The van der Waals surface area contributed by atoms with Gasteiger partial charge in [-0.2, -0.15) is 14.5 Å². The predicted octanol–water partition coefficient (Wildman–Crippen LogP) is 3.98. The monoisotopic (exact) mass is 473 g/mol. The van der Waals surface area contributed by atoms with E-state index in [1.54, 1.807) is 6.07 Å². The molecule has 8 nitrogen and oxygen atoms in total. The minimum absolute atomic E-state index is 0.198. The third-order valence-corrected chi connectivity index (χ3v) is 7.32. The number of hydrogen-bond donors (Lipinski definition) is 2. The molecule has 1 aromatic carbocycles. The number of rotatable bonds is 5. The van der Waals surface area contributed by atoms with Gasteiger partial charge in [0.2, 0.25) is 5.82 Å². The van der Waals surface area contributed by atoms with E-state index in [0.717, 1.165) is 44.2 Å². The number of phenolic OH excluding ortho intramolecular Hbond substituents is 1. The maximum absolute atomic E-state index is 14.0. The second-order valence-corrected chi connectivity index (χ2v) is 9.33. The molecule has 3 saturated carbocycles. The molecule has 1 amide bonds. The summed E-state index contributed by atoms with van der Waals surface area (Å²) in [7, 11) is 0. The average Bonchev–Trinajstić information content (AvgIpc) is 3.36. The van der Waals surface area contributed by atoms with Gasteiger partial charge in [-0.15, -0.1) is 5.10 Å². The van der Waals surface area contributed by atoms with Crippen LogP contribution in [0, 0.1) is 29.8 Å². The Kier molecular flexibility index (Phi) is 5.29. The van der Waals surface area contributed by atoms with Gasteiger partial charge in [0.15, 0.2) is 28.9 Å². The van der Waals surface area contributed by atoms with Crippen LogP contribution in [0.15, 0.2) is 22.7 Å². The maximum atomic E-state index is 14.0. The Morgan fingerprint density at radius 1 is 1.09 bits per heavy atom. The minimum atomic E-state index is -1.78. The van der Waals surface area contributed by atoms with Crippen molar-refractivity contribution in [3.63, 3.8) is 0 Å². The Balaban J connectivity index is 1.25. The summed E-state index contributed by atoms with van der Waals surface area (Å²) in [6.07, 6.45) is 4.71. The van der Waals surface area contributed by atoms with Crippen molar-refractivity contribution in [3.05, 3.63) is 52.7 Å². The van der Waals surface area contributed by atoms with Crippen LogP contribution in [0.25, 0.3) is 11.6 Å². The number of benzene rings is 1. The second kappa shape index (κ2) is 8.07. The summed E-state index contributed by atoms with van der Waals surface area (Å²) in [5.74, 6) is -6.15.